The van der Waals surface area contributed by atoms with Gasteiger partial charge in [-0.05, 0) is 54.8 Å². The van der Waals surface area contributed by atoms with Crippen molar-refractivity contribution >= 4 is 11.6 Å². The summed E-state index contributed by atoms with van der Waals surface area (Å²) in [7, 11) is 0. The average Bonchev–Trinajstić information content (AvgIpc) is 2.75. The molecule has 0 spiro atoms. The maximum atomic E-state index is 12.6. The minimum Gasteiger partial charge on any atom is -0.493 e. The molecule has 0 radical (unpaired) electrons. The minimum atomic E-state index is -0.544. The van der Waals surface area contributed by atoms with Gasteiger partial charge in [0.1, 0.15) is 11.5 Å². The van der Waals surface area contributed by atoms with E-state index in [1.165, 1.54) is 5.56 Å². The first kappa shape index (κ1) is 20.5. The van der Waals surface area contributed by atoms with E-state index >= 15 is 0 Å². The van der Waals surface area contributed by atoms with Crippen molar-refractivity contribution in [1.82, 2.24) is 0 Å². The van der Waals surface area contributed by atoms with Crippen molar-refractivity contribution in [2.24, 2.45) is 0 Å². The molecule has 1 amide bonds. The average molecular weight is 389 g/mol. The number of ether oxygens (including phenoxy) is 2. The van der Waals surface area contributed by atoms with Gasteiger partial charge in [-0.2, -0.15) is 0 Å². The molecule has 0 aliphatic rings. The molecule has 0 aliphatic heterocycles. The van der Waals surface area contributed by atoms with Crippen LogP contribution in [-0.4, -0.2) is 18.6 Å². The van der Waals surface area contributed by atoms with Crippen molar-refractivity contribution in [3.05, 3.63) is 90.0 Å². The third-order valence-electron chi connectivity index (χ3n) is 4.65. The molecule has 0 saturated heterocycles. The third-order valence-corrected chi connectivity index (χ3v) is 4.65. The number of aryl methyl sites for hydroxylation is 1. The quantitative estimate of drug-likeness (QED) is 0.532. The highest BCUT2D eigenvalue weighted by molar-refractivity contribution is 5.94. The fourth-order valence-corrected chi connectivity index (χ4v) is 2.95. The minimum absolute atomic E-state index is 0.159. The lowest BCUT2D eigenvalue weighted by Crippen LogP contribution is -2.32. The van der Waals surface area contributed by atoms with E-state index in [-0.39, 0.29) is 5.91 Å². The molecule has 150 valence electrons. The monoisotopic (exact) mass is 389 g/mol. The van der Waals surface area contributed by atoms with Gasteiger partial charge in [-0.15, -0.1) is 0 Å². The third kappa shape index (κ3) is 6.11. The van der Waals surface area contributed by atoms with E-state index in [2.05, 4.69) is 17.4 Å². The smallest absolute Gasteiger partial charge is 0.265 e. The van der Waals surface area contributed by atoms with Crippen LogP contribution in [0.2, 0.25) is 0 Å². The molecule has 0 saturated carbocycles. The van der Waals surface area contributed by atoms with Gasteiger partial charge in [0, 0.05) is 12.1 Å². The number of hydrogen-bond donors (Lipinski definition) is 1. The lowest BCUT2D eigenvalue weighted by molar-refractivity contribution is -0.122. The SMILES string of the molecule is CCC(Oc1ccccc1C)C(=O)Nc1ccc(OCCc2ccccc2)cc1. The van der Waals surface area contributed by atoms with Gasteiger partial charge in [0.2, 0.25) is 0 Å². The van der Waals surface area contributed by atoms with E-state index in [0.29, 0.717) is 13.0 Å². The van der Waals surface area contributed by atoms with Gasteiger partial charge in [-0.1, -0.05) is 55.5 Å². The van der Waals surface area contributed by atoms with Crippen LogP contribution < -0.4 is 14.8 Å². The number of anilines is 1. The highest BCUT2D eigenvalue weighted by Gasteiger charge is 2.19. The van der Waals surface area contributed by atoms with Gasteiger partial charge in [0.05, 0.1) is 6.61 Å². The van der Waals surface area contributed by atoms with Crippen LogP contribution in [0.5, 0.6) is 11.5 Å². The summed E-state index contributed by atoms with van der Waals surface area (Å²) in [5.74, 6) is 1.35. The summed E-state index contributed by atoms with van der Waals surface area (Å²) in [6.07, 6.45) is 0.895. The Kier molecular flexibility index (Phi) is 7.28. The Balaban J connectivity index is 1.51. The van der Waals surface area contributed by atoms with Crippen molar-refractivity contribution in [3.8, 4) is 11.5 Å². The van der Waals surface area contributed by atoms with Crippen LogP contribution in [-0.2, 0) is 11.2 Å². The highest BCUT2D eigenvalue weighted by atomic mass is 16.5. The Morgan fingerprint density at radius 2 is 1.62 bits per heavy atom. The van der Waals surface area contributed by atoms with Gasteiger partial charge in [-0.3, -0.25) is 4.79 Å². The molecule has 0 fully saturated rings. The summed E-state index contributed by atoms with van der Waals surface area (Å²) in [6, 6.07) is 25.4. The number of amides is 1. The predicted molar refractivity (Wildman–Crippen MR) is 117 cm³/mol. The molecular formula is C25H27NO3. The Bertz CT molecular complexity index is 907. The van der Waals surface area contributed by atoms with Crippen LogP contribution in [0.4, 0.5) is 5.69 Å². The molecule has 29 heavy (non-hydrogen) atoms. The second-order valence-corrected chi connectivity index (χ2v) is 6.88. The summed E-state index contributed by atoms with van der Waals surface area (Å²) in [5.41, 5.74) is 2.98. The van der Waals surface area contributed by atoms with Crippen molar-refractivity contribution in [2.75, 3.05) is 11.9 Å². The van der Waals surface area contributed by atoms with Gasteiger partial charge in [0.25, 0.3) is 5.91 Å². The van der Waals surface area contributed by atoms with Crippen LogP contribution in [0.15, 0.2) is 78.9 Å². The molecule has 3 rings (SSSR count). The summed E-state index contributed by atoms with van der Waals surface area (Å²) in [4.78, 5) is 12.6. The van der Waals surface area contributed by atoms with Crippen LogP contribution in [0, 0.1) is 6.92 Å². The number of carbonyl (C=O) groups excluding carboxylic acids is 1. The molecule has 3 aromatic rings. The van der Waals surface area contributed by atoms with E-state index in [0.717, 1.165) is 29.2 Å². The first-order valence-corrected chi connectivity index (χ1v) is 9.95. The molecule has 0 aromatic heterocycles. The van der Waals surface area contributed by atoms with Crippen molar-refractivity contribution in [3.63, 3.8) is 0 Å². The van der Waals surface area contributed by atoms with Gasteiger partial charge >= 0.3 is 0 Å². The Morgan fingerprint density at radius 3 is 2.31 bits per heavy atom. The first-order valence-electron chi connectivity index (χ1n) is 9.95. The van der Waals surface area contributed by atoms with Gasteiger partial charge in [-0.25, -0.2) is 0 Å². The predicted octanol–water partition coefficient (Wildman–Crippen LogP) is 5.41. The molecule has 1 unspecified atom stereocenters. The maximum Gasteiger partial charge on any atom is 0.265 e. The largest absolute Gasteiger partial charge is 0.493 e. The Labute approximate surface area is 172 Å². The Morgan fingerprint density at radius 1 is 0.931 bits per heavy atom. The molecule has 0 aliphatic carbocycles. The summed E-state index contributed by atoms with van der Waals surface area (Å²) in [5, 5.41) is 2.92. The van der Waals surface area contributed by atoms with Crippen LogP contribution >= 0.6 is 0 Å². The van der Waals surface area contributed by atoms with E-state index in [1.54, 1.807) is 0 Å². The first-order chi connectivity index (χ1) is 14.2. The van der Waals surface area contributed by atoms with E-state index in [9.17, 15) is 4.79 Å². The fourth-order valence-electron chi connectivity index (χ4n) is 2.95. The zero-order valence-electron chi connectivity index (χ0n) is 16.9. The maximum absolute atomic E-state index is 12.6. The topological polar surface area (TPSA) is 47.6 Å². The summed E-state index contributed by atoms with van der Waals surface area (Å²) in [6.45, 7) is 4.51. The molecule has 0 heterocycles. The van der Waals surface area contributed by atoms with Crippen molar-refractivity contribution < 1.29 is 14.3 Å². The van der Waals surface area contributed by atoms with Gasteiger partial charge < -0.3 is 14.8 Å². The zero-order chi connectivity index (χ0) is 20.5. The summed E-state index contributed by atoms with van der Waals surface area (Å²) < 4.78 is 11.7. The van der Waals surface area contributed by atoms with Crippen molar-refractivity contribution in [2.45, 2.75) is 32.8 Å². The number of hydrogen-bond acceptors (Lipinski definition) is 3. The number of rotatable bonds is 9. The lowest BCUT2D eigenvalue weighted by atomic mass is 10.2. The van der Waals surface area contributed by atoms with E-state index in [1.807, 2.05) is 80.6 Å². The zero-order valence-corrected chi connectivity index (χ0v) is 16.9. The number of carbonyl (C=O) groups is 1. The number of nitrogens with one attached hydrogen (secondary N) is 1. The molecule has 0 bridgehead atoms. The lowest BCUT2D eigenvalue weighted by Gasteiger charge is -2.18. The van der Waals surface area contributed by atoms with Crippen LogP contribution in [0.1, 0.15) is 24.5 Å². The van der Waals surface area contributed by atoms with E-state index in [4.69, 9.17) is 9.47 Å². The van der Waals surface area contributed by atoms with Crippen LogP contribution in [0.25, 0.3) is 0 Å². The second kappa shape index (κ2) is 10.3. The molecular weight excluding hydrogens is 362 g/mol. The number of benzene rings is 3. The molecule has 1 N–H and O–H groups in total. The van der Waals surface area contributed by atoms with Crippen molar-refractivity contribution in [1.29, 1.82) is 0 Å². The molecule has 4 nitrogen and oxygen atoms in total. The highest BCUT2D eigenvalue weighted by Crippen LogP contribution is 2.20. The Hall–Kier alpha value is -3.27. The second-order valence-electron chi connectivity index (χ2n) is 6.88. The van der Waals surface area contributed by atoms with Crippen LogP contribution in [0.3, 0.4) is 0 Å². The summed E-state index contributed by atoms with van der Waals surface area (Å²) >= 11 is 0. The standard InChI is InChI=1S/C25H27NO3/c1-3-23(29-24-12-8-7-9-19(24)2)25(27)26-21-13-15-22(16-14-21)28-18-17-20-10-5-4-6-11-20/h4-16,23H,3,17-18H2,1-2H3,(H,26,27). The normalized spacial score (nSPS) is 11.5. The molecule has 3 aromatic carbocycles. The number of para-hydroxylation sites is 1. The van der Waals surface area contributed by atoms with E-state index < -0.39 is 6.10 Å². The molecule has 1 atom stereocenters. The molecule has 4 heteroatoms. The van der Waals surface area contributed by atoms with Gasteiger partial charge in [0.15, 0.2) is 6.10 Å². The fraction of sp³-hybridized carbons (Fsp3) is 0.240.